The zero-order valence-electron chi connectivity index (χ0n) is 16.5. The standard InChI is InChI=1S/C23H29N3O2/c1-2-12-26-13-6-7-17(16-26)15-25-23(28)19-9-5-8-18(14-19)20-10-3-4-11-21(20)22(24)27/h3-5,8-11,14,17H,2,6-7,12-13,15-16H2,1H3,(H2,24,27)(H,25,28)/t17-/m0/s1. The number of likely N-dealkylation sites (tertiary alicyclic amines) is 1. The van der Waals surface area contributed by atoms with Crippen LogP contribution in [0.3, 0.4) is 0 Å². The van der Waals surface area contributed by atoms with E-state index in [9.17, 15) is 9.59 Å². The molecule has 5 nitrogen and oxygen atoms in total. The van der Waals surface area contributed by atoms with E-state index in [2.05, 4.69) is 17.1 Å². The lowest BCUT2D eigenvalue weighted by atomic mass is 9.96. The van der Waals surface area contributed by atoms with Crippen molar-refractivity contribution in [2.45, 2.75) is 26.2 Å². The highest BCUT2D eigenvalue weighted by molar-refractivity contribution is 6.01. The fourth-order valence-corrected chi connectivity index (χ4v) is 3.95. The van der Waals surface area contributed by atoms with Crippen molar-refractivity contribution in [3.8, 4) is 11.1 Å². The number of benzene rings is 2. The van der Waals surface area contributed by atoms with Crippen LogP contribution in [0.4, 0.5) is 0 Å². The molecule has 1 aliphatic rings. The summed E-state index contributed by atoms with van der Waals surface area (Å²) in [6.45, 7) is 6.25. The van der Waals surface area contributed by atoms with Crippen LogP contribution < -0.4 is 11.1 Å². The van der Waals surface area contributed by atoms with Crippen molar-refractivity contribution in [1.29, 1.82) is 0 Å². The first kappa shape index (κ1) is 20.1. The van der Waals surface area contributed by atoms with Crippen LogP contribution in [-0.4, -0.2) is 42.9 Å². The largest absolute Gasteiger partial charge is 0.366 e. The molecule has 0 spiro atoms. The van der Waals surface area contributed by atoms with Gasteiger partial charge in [0.25, 0.3) is 5.91 Å². The second-order valence-corrected chi connectivity index (χ2v) is 7.51. The fourth-order valence-electron chi connectivity index (χ4n) is 3.95. The summed E-state index contributed by atoms with van der Waals surface area (Å²) in [5.41, 5.74) is 8.10. The molecule has 2 aromatic carbocycles. The first-order valence-corrected chi connectivity index (χ1v) is 10.1. The molecule has 5 heteroatoms. The summed E-state index contributed by atoms with van der Waals surface area (Å²) in [6.07, 6.45) is 3.52. The second kappa shape index (κ2) is 9.51. The molecule has 0 aliphatic carbocycles. The van der Waals surface area contributed by atoms with Gasteiger partial charge in [-0.1, -0.05) is 37.3 Å². The number of carbonyl (C=O) groups excluding carboxylic acids is 2. The number of nitrogens with two attached hydrogens (primary N) is 1. The molecule has 2 amide bonds. The summed E-state index contributed by atoms with van der Waals surface area (Å²) in [6, 6.07) is 14.5. The van der Waals surface area contributed by atoms with Crippen LogP contribution >= 0.6 is 0 Å². The molecular formula is C23H29N3O2. The van der Waals surface area contributed by atoms with Gasteiger partial charge in [-0.3, -0.25) is 9.59 Å². The normalized spacial score (nSPS) is 17.2. The minimum absolute atomic E-state index is 0.0778. The third kappa shape index (κ3) is 4.98. The Hall–Kier alpha value is -2.66. The van der Waals surface area contributed by atoms with Crippen LogP contribution in [-0.2, 0) is 0 Å². The predicted molar refractivity (Wildman–Crippen MR) is 112 cm³/mol. The van der Waals surface area contributed by atoms with Gasteiger partial charge >= 0.3 is 0 Å². The van der Waals surface area contributed by atoms with Gasteiger partial charge < -0.3 is 16.0 Å². The van der Waals surface area contributed by atoms with E-state index in [4.69, 9.17) is 5.73 Å². The number of rotatable bonds is 7. The maximum atomic E-state index is 12.7. The monoisotopic (exact) mass is 379 g/mol. The first-order chi connectivity index (χ1) is 13.6. The molecule has 148 valence electrons. The molecule has 3 rings (SSSR count). The number of primary amides is 1. The van der Waals surface area contributed by atoms with Crippen molar-refractivity contribution in [1.82, 2.24) is 10.2 Å². The van der Waals surface area contributed by atoms with E-state index in [0.29, 0.717) is 23.6 Å². The van der Waals surface area contributed by atoms with Gasteiger partial charge in [-0.15, -0.1) is 0 Å². The number of piperidine rings is 1. The minimum atomic E-state index is -0.473. The topological polar surface area (TPSA) is 75.4 Å². The predicted octanol–water partition coefficient (Wildman–Crippen LogP) is 3.30. The third-order valence-electron chi connectivity index (χ3n) is 5.32. The Morgan fingerprint density at radius 2 is 2.00 bits per heavy atom. The second-order valence-electron chi connectivity index (χ2n) is 7.51. The van der Waals surface area contributed by atoms with Crippen molar-refractivity contribution in [3.05, 3.63) is 59.7 Å². The molecule has 1 aliphatic heterocycles. The van der Waals surface area contributed by atoms with Crippen LogP contribution in [0.15, 0.2) is 48.5 Å². The van der Waals surface area contributed by atoms with Gasteiger partial charge in [-0.25, -0.2) is 0 Å². The molecule has 3 N–H and O–H groups in total. The summed E-state index contributed by atoms with van der Waals surface area (Å²) in [5.74, 6) is -0.0478. The van der Waals surface area contributed by atoms with Crippen LogP contribution in [0.25, 0.3) is 11.1 Å². The van der Waals surface area contributed by atoms with Gasteiger partial charge in [0.15, 0.2) is 0 Å². The summed E-state index contributed by atoms with van der Waals surface area (Å²) >= 11 is 0. The molecule has 2 aromatic rings. The Bertz CT molecular complexity index is 832. The highest BCUT2D eigenvalue weighted by Crippen LogP contribution is 2.24. The molecular weight excluding hydrogens is 350 g/mol. The molecule has 0 bridgehead atoms. The fraction of sp³-hybridized carbons (Fsp3) is 0.391. The third-order valence-corrected chi connectivity index (χ3v) is 5.32. The van der Waals surface area contributed by atoms with Gasteiger partial charge in [-0.05, 0) is 67.6 Å². The van der Waals surface area contributed by atoms with E-state index >= 15 is 0 Å². The zero-order valence-corrected chi connectivity index (χ0v) is 16.5. The van der Waals surface area contributed by atoms with E-state index in [1.165, 1.54) is 19.4 Å². The summed E-state index contributed by atoms with van der Waals surface area (Å²) in [4.78, 5) is 26.9. The Balaban J connectivity index is 1.67. The molecule has 0 unspecified atom stereocenters. The lowest BCUT2D eigenvalue weighted by Crippen LogP contribution is -2.41. The van der Waals surface area contributed by atoms with Gasteiger partial charge in [0.05, 0.1) is 0 Å². The Labute approximate surface area is 166 Å². The maximum absolute atomic E-state index is 12.7. The molecule has 0 saturated carbocycles. The van der Waals surface area contributed by atoms with Crippen LogP contribution in [0, 0.1) is 5.92 Å². The molecule has 1 atom stereocenters. The first-order valence-electron chi connectivity index (χ1n) is 10.1. The van der Waals surface area contributed by atoms with E-state index in [1.54, 1.807) is 18.2 Å². The Morgan fingerprint density at radius 3 is 2.79 bits per heavy atom. The van der Waals surface area contributed by atoms with Crippen LogP contribution in [0.1, 0.15) is 46.9 Å². The van der Waals surface area contributed by atoms with E-state index in [0.717, 1.165) is 30.6 Å². The van der Waals surface area contributed by atoms with Gasteiger partial charge in [-0.2, -0.15) is 0 Å². The van der Waals surface area contributed by atoms with Crippen molar-refractivity contribution >= 4 is 11.8 Å². The summed E-state index contributed by atoms with van der Waals surface area (Å²) in [5, 5.41) is 3.09. The highest BCUT2D eigenvalue weighted by atomic mass is 16.2. The Morgan fingerprint density at radius 1 is 1.18 bits per heavy atom. The van der Waals surface area contributed by atoms with Gasteiger partial charge in [0.1, 0.15) is 0 Å². The molecule has 1 saturated heterocycles. The van der Waals surface area contributed by atoms with Crippen molar-refractivity contribution in [3.63, 3.8) is 0 Å². The Kier molecular flexibility index (Phi) is 6.82. The number of amides is 2. The molecule has 0 aromatic heterocycles. The number of carbonyl (C=O) groups is 2. The number of hydrogen-bond donors (Lipinski definition) is 2. The van der Waals surface area contributed by atoms with Gasteiger partial charge in [0, 0.05) is 24.2 Å². The lowest BCUT2D eigenvalue weighted by molar-refractivity contribution is 0.0931. The van der Waals surface area contributed by atoms with E-state index in [1.807, 2.05) is 30.3 Å². The molecule has 0 radical (unpaired) electrons. The minimum Gasteiger partial charge on any atom is -0.366 e. The van der Waals surface area contributed by atoms with Crippen molar-refractivity contribution < 1.29 is 9.59 Å². The number of nitrogens with one attached hydrogen (secondary N) is 1. The van der Waals surface area contributed by atoms with Crippen LogP contribution in [0.5, 0.6) is 0 Å². The number of hydrogen-bond acceptors (Lipinski definition) is 3. The van der Waals surface area contributed by atoms with Gasteiger partial charge in [0.2, 0.25) is 5.91 Å². The lowest BCUT2D eigenvalue weighted by Gasteiger charge is -2.32. The number of nitrogens with zero attached hydrogens (tertiary/aromatic N) is 1. The summed E-state index contributed by atoms with van der Waals surface area (Å²) in [7, 11) is 0. The maximum Gasteiger partial charge on any atom is 0.251 e. The highest BCUT2D eigenvalue weighted by Gasteiger charge is 2.20. The van der Waals surface area contributed by atoms with Crippen molar-refractivity contribution in [2.24, 2.45) is 11.7 Å². The summed E-state index contributed by atoms with van der Waals surface area (Å²) < 4.78 is 0. The molecule has 28 heavy (non-hydrogen) atoms. The molecule has 1 fully saturated rings. The molecule has 1 heterocycles. The SMILES string of the molecule is CCCN1CCC[C@@H](CNC(=O)c2cccc(-c3ccccc3C(N)=O)c2)C1. The smallest absolute Gasteiger partial charge is 0.251 e. The van der Waals surface area contributed by atoms with E-state index in [-0.39, 0.29) is 5.91 Å². The average Bonchev–Trinajstić information content (AvgIpc) is 2.72. The van der Waals surface area contributed by atoms with Crippen molar-refractivity contribution in [2.75, 3.05) is 26.2 Å². The quantitative estimate of drug-likeness (QED) is 0.775. The van der Waals surface area contributed by atoms with Crippen LogP contribution in [0.2, 0.25) is 0 Å². The van der Waals surface area contributed by atoms with E-state index < -0.39 is 5.91 Å². The zero-order chi connectivity index (χ0) is 19.9. The average molecular weight is 380 g/mol.